The van der Waals surface area contributed by atoms with Crippen molar-refractivity contribution < 1.29 is 9.59 Å². The fraction of sp³-hybridized carbons (Fsp3) is 0.333. The number of fused-ring (bicyclic) bond motifs is 2. The van der Waals surface area contributed by atoms with E-state index in [0.717, 1.165) is 28.4 Å². The molecule has 0 radical (unpaired) electrons. The summed E-state index contributed by atoms with van der Waals surface area (Å²) >= 11 is 1.74. The molecule has 0 saturated carbocycles. The molecule has 2 aromatic rings. The predicted octanol–water partition coefficient (Wildman–Crippen LogP) is 4.61. The van der Waals surface area contributed by atoms with Crippen molar-refractivity contribution in [2.75, 3.05) is 25.0 Å². The number of ketones is 1. The van der Waals surface area contributed by atoms with Gasteiger partial charge in [-0.25, -0.2) is 0 Å². The lowest BCUT2D eigenvalue weighted by atomic mass is 10.1. The molecule has 0 aliphatic carbocycles. The van der Waals surface area contributed by atoms with Crippen LogP contribution < -0.4 is 4.90 Å². The molecule has 136 valence electrons. The Morgan fingerprint density at radius 1 is 1.08 bits per heavy atom. The Kier molecular flexibility index (Phi) is 5.37. The molecule has 0 spiro atoms. The SMILES string of the molecule is CC(=O)c1ccc2c(c1)N(CC(C)CN(C)C(C)=O)c1ccccc1S2. The van der Waals surface area contributed by atoms with Crippen LogP contribution in [0.1, 0.15) is 31.1 Å². The molecule has 4 nitrogen and oxygen atoms in total. The summed E-state index contributed by atoms with van der Waals surface area (Å²) in [5.74, 6) is 0.431. The smallest absolute Gasteiger partial charge is 0.219 e. The van der Waals surface area contributed by atoms with Crippen LogP contribution in [0, 0.1) is 5.92 Å². The Morgan fingerprint density at radius 3 is 2.46 bits per heavy atom. The molecule has 0 saturated heterocycles. The molecule has 1 heterocycles. The molecule has 3 rings (SSSR count). The van der Waals surface area contributed by atoms with Crippen molar-refractivity contribution >= 4 is 34.8 Å². The van der Waals surface area contributed by atoms with E-state index in [2.05, 4.69) is 24.0 Å². The summed E-state index contributed by atoms with van der Waals surface area (Å²) in [5.41, 5.74) is 2.95. The van der Waals surface area contributed by atoms with Gasteiger partial charge in [0, 0.05) is 42.4 Å². The summed E-state index contributed by atoms with van der Waals surface area (Å²) in [5, 5.41) is 0. The largest absolute Gasteiger partial charge is 0.346 e. The third kappa shape index (κ3) is 3.78. The van der Waals surface area contributed by atoms with E-state index in [0.29, 0.717) is 6.54 Å². The molecular weight excluding hydrogens is 344 g/mol. The molecule has 1 amide bonds. The number of amides is 1. The van der Waals surface area contributed by atoms with Gasteiger partial charge in [0.15, 0.2) is 5.78 Å². The summed E-state index contributed by atoms with van der Waals surface area (Å²) in [7, 11) is 1.83. The van der Waals surface area contributed by atoms with Crippen LogP contribution in [0.2, 0.25) is 0 Å². The van der Waals surface area contributed by atoms with E-state index in [-0.39, 0.29) is 17.6 Å². The van der Waals surface area contributed by atoms with Crippen molar-refractivity contribution in [3.05, 3.63) is 48.0 Å². The second-order valence-electron chi connectivity index (χ2n) is 6.92. The molecule has 1 aliphatic heterocycles. The van der Waals surface area contributed by atoms with Crippen molar-refractivity contribution in [1.29, 1.82) is 0 Å². The Morgan fingerprint density at radius 2 is 1.77 bits per heavy atom. The van der Waals surface area contributed by atoms with E-state index in [4.69, 9.17) is 0 Å². The first-order valence-corrected chi connectivity index (χ1v) is 9.59. The number of benzene rings is 2. The first-order valence-electron chi connectivity index (χ1n) is 8.78. The van der Waals surface area contributed by atoms with Gasteiger partial charge in [0.05, 0.1) is 11.4 Å². The monoisotopic (exact) mass is 368 g/mol. The maximum absolute atomic E-state index is 11.9. The van der Waals surface area contributed by atoms with E-state index >= 15 is 0 Å². The number of anilines is 2. The minimum absolute atomic E-state index is 0.0703. The number of carbonyl (C=O) groups is 2. The summed E-state index contributed by atoms with van der Waals surface area (Å²) in [6.45, 7) is 6.82. The zero-order valence-corrected chi connectivity index (χ0v) is 16.5. The van der Waals surface area contributed by atoms with Gasteiger partial charge in [-0.2, -0.15) is 0 Å². The van der Waals surface area contributed by atoms with Crippen LogP contribution >= 0.6 is 11.8 Å². The van der Waals surface area contributed by atoms with Crippen LogP contribution in [0.15, 0.2) is 52.3 Å². The maximum atomic E-state index is 11.9. The van der Waals surface area contributed by atoms with E-state index in [1.54, 1.807) is 30.5 Å². The van der Waals surface area contributed by atoms with Crippen LogP contribution in [0.4, 0.5) is 11.4 Å². The molecule has 5 heteroatoms. The fourth-order valence-electron chi connectivity index (χ4n) is 3.21. The quantitative estimate of drug-likeness (QED) is 0.723. The van der Waals surface area contributed by atoms with Crippen molar-refractivity contribution in [1.82, 2.24) is 4.90 Å². The second-order valence-corrected chi connectivity index (χ2v) is 8.01. The van der Waals surface area contributed by atoms with Gasteiger partial charge in [-0.05, 0) is 37.1 Å². The standard InChI is InChI=1S/C21H24N2O2S/c1-14(12-22(4)16(3)25)13-23-18-7-5-6-8-20(18)26-21-10-9-17(15(2)24)11-19(21)23/h5-11,14H,12-13H2,1-4H3. The lowest BCUT2D eigenvalue weighted by Crippen LogP contribution is -2.35. The molecule has 26 heavy (non-hydrogen) atoms. The van der Waals surface area contributed by atoms with Gasteiger partial charge in [-0.1, -0.05) is 36.9 Å². The third-order valence-corrected chi connectivity index (χ3v) is 5.78. The van der Waals surface area contributed by atoms with Gasteiger partial charge >= 0.3 is 0 Å². The lowest BCUT2D eigenvalue weighted by molar-refractivity contribution is -0.128. The van der Waals surface area contributed by atoms with Gasteiger partial charge in [-0.15, -0.1) is 0 Å². The van der Waals surface area contributed by atoms with E-state index in [1.807, 2.05) is 37.4 Å². The minimum atomic E-state index is 0.0703. The second kappa shape index (κ2) is 7.54. The van der Waals surface area contributed by atoms with Crippen LogP contribution in [0.3, 0.4) is 0 Å². The number of hydrogen-bond donors (Lipinski definition) is 0. The number of rotatable bonds is 5. The number of hydrogen-bond acceptors (Lipinski definition) is 4. The average molecular weight is 369 g/mol. The molecule has 0 N–H and O–H groups in total. The van der Waals surface area contributed by atoms with Gasteiger partial charge in [0.1, 0.15) is 0 Å². The highest BCUT2D eigenvalue weighted by Gasteiger charge is 2.25. The third-order valence-electron chi connectivity index (χ3n) is 4.65. The van der Waals surface area contributed by atoms with Crippen LogP contribution in [0.25, 0.3) is 0 Å². The lowest BCUT2D eigenvalue weighted by Gasteiger charge is -2.35. The Bertz CT molecular complexity index is 850. The Hall–Kier alpha value is -2.27. The summed E-state index contributed by atoms with van der Waals surface area (Å²) < 4.78 is 0. The first kappa shape index (κ1) is 18.5. The van der Waals surface area contributed by atoms with Gasteiger partial charge in [0.2, 0.25) is 5.91 Å². The molecular formula is C21H24N2O2S. The topological polar surface area (TPSA) is 40.6 Å². The first-order chi connectivity index (χ1) is 12.4. The van der Waals surface area contributed by atoms with Gasteiger partial charge < -0.3 is 9.80 Å². The highest BCUT2D eigenvalue weighted by molar-refractivity contribution is 7.99. The van der Waals surface area contributed by atoms with E-state index in [9.17, 15) is 9.59 Å². The van der Waals surface area contributed by atoms with Gasteiger partial charge in [0.25, 0.3) is 0 Å². The zero-order valence-electron chi connectivity index (χ0n) is 15.7. The highest BCUT2D eigenvalue weighted by Crippen LogP contribution is 2.48. The predicted molar refractivity (Wildman–Crippen MR) is 106 cm³/mol. The van der Waals surface area contributed by atoms with Crippen molar-refractivity contribution in [2.24, 2.45) is 5.92 Å². The van der Waals surface area contributed by atoms with Crippen molar-refractivity contribution in [3.63, 3.8) is 0 Å². The molecule has 1 unspecified atom stereocenters. The minimum Gasteiger partial charge on any atom is -0.346 e. The maximum Gasteiger partial charge on any atom is 0.219 e. The average Bonchev–Trinajstić information content (AvgIpc) is 2.60. The number of para-hydroxylation sites is 1. The zero-order chi connectivity index (χ0) is 18.8. The van der Waals surface area contributed by atoms with Crippen LogP contribution in [-0.2, 0) is 4.79 Å². The summed E-state index contributed by atoms with van der Waals surface area (Å²) in [6.07, 6.45) is 0. The number of Topliss-reactive ketones (excluding diaryl/α,β-unsaturated/α-hetero) is 1. The summed E-state index contributed by atoms with van der Waals surface area (Å²) in [4.78, 5) is 29.8. The molecule has 1 atom stereocenters. The molecule has 0 fully saturated rings. The molecule has 1 aliphatic rings. The van der Waals surface area contributed by atoms with E-state index < -0.39 is 0 Å². The molecule has 0 aromatic heterocycles. The fourth-order valence-corrected chi connectivity index (χ4v) is 4.29. The Balaban J connectivity index is 1.96. The molecule has 0 bridgehead atoms. The van der Waals surface area contributed by atoms with Crippen molar-refractivity contribution in [2.45, 2.75) is 30.6 Å². The van der Waals surface area contributed by atoms with Crippen LogP contribution in [-0.4, -0.2) is 36.7 Å². The van der Waals surface area contributed by atoms with Gasteiger partial charge in [-0.3, -0.25) is 9.59 Å². The number of carbonyl (C=O) groups excluding carboxylic acids is 2. The Labute approximate surface area is 159 Å². The highest BCUT2D eigenvalue weighted by atomic mass is 32.2. The normalized spacial score (nSPS) is 13.6. The number of nitrogens with zero attached hydrogens (tertiary/aromatic N) is 2. The summed E-state index contributed by atoms with van der Waals surface area (Å²) in [6, 6.07) is 14.3. The molecule has 2 aromatic carbocycles. The van der Waals surface area contributed by atoms with E-state index in [1.165, 1.54) is 4.90 Å². The van der Waals surface area contributed by atoms with Crippen LogP contribution in [0.5, 0.6) is 0 Å². The van der Waals surface area contributed by atoms with Crippen molar-refractivity contribution in [3.8, 4) is 0 Å².